The highest BCUT2D eigenvalue weighted by molar-refractivity contribution is 6.12. The van der Waals surface area contributed by atoms with E-state index in [1.54, 1.807) is 0 Å². The molecule has 14 aromatic rings. The van der Waals surface area contributed by atoms with Gasteiger partial charge in [-0.05, 0) is 133 Å². The monoisotopic (exact) mass is 946 g/mol. The van der Waals surface area contributed by atoms with E-state index in [-0.39, 0.29) is 0 Å². The van der Waals surface area contributed by atoms with Gasteiger partial charge in [0.2, 0.25) is 0 Å². The van der Waals surface area contributed by atoms with Gasteiger partial charge in [0.1, 0.15) is 0 Å². The maximum absolute atomic E-state index is 5.34. The van der Waals surface area contributed by atoms with E-state index in [4.69, 9.17) is 9.97 Å². The van der Waals surface area contributed by atoms with Gasteiger partial charge in [-0.25, -0.2) is 9.97 Å². The molecule has 74 heavy (non-hydrogen) atoms. The Balaban J connectivity index is 0.853. The van der Waals surface area contributed by atoms with Crippen molar-refractivity contribution < 1.29 is 0 Å². The Hall–Kier alpha value is -10.0. The zero-order valence-electron chi connectivity index (χ0n) is 40.2. The number of benzene rings is 11. The molecule has 0 aliphatic rings. The standard InChI is InChI=1S/C68H46N6/c1-5-19-49(20-6-1)71(55-41-43-65-59(45-55)57-27-13-17-31-63(57)73(65)51-23-9-3-10-24-51)53-37-33-47(34-38-53)67-68(70-62-30-16-15-29-61(62)69-67)48-35-39-54(40-36-48)72(50-21-7-2-8-22-50)56-42-44-66-60(46-56)58-28-14-18-32-64(58)74(66)52-25-11-4-12-26-52/h1-46H. The molecule has 0 amide bonds. The van der Waals surface area contributed by atoms with E-state index in [0.717, 1.165) is 90.1 Å². The van der Waals surface area contributed by atoms with Gasteiger partial charge in [-0.2, -0.15) is 0 Å². The van der Waals surface area contributed by atoms with Crippen LogP contribution in [0.5, 0.6) is 0 Å². The summed E-state index contributed by atoms with van der Waals surface area (Å²) in [5.41, 5.74) is 18.6. The van der Waals surface area contributed by atoms with Crippen LogP contribution in [0, 0.1) is 0 Å². The molecule has 6 nitrogen and oxygen atoms in total. The molecule has 0 saturated carbocycles. The van der Waals surface area contributed by atoms with Gasteiger partial charge in [-0.3, -0.25) is 0 Å². The minimum atomic E-state index is 0.824. The van der Waals surface area contributed by atoms with Crippen LogP contribution in [0.2, 0.25) is 0 Å². The number of fused-ring (bicyclic) bond motifs is 7. The number of nitrogens with zero attached hydrogens (tertiary/aromatic N) is 6. The molecule has 0 unspecified atom stereocenters. The lowest BCUT2D eigenvalue weighted by Gasteiger charge is -2.26. The molecule has 0 spiro atoms. The normalized spacial score (nSPS) is 11.5. The molecule has 0 atom stereocenters. The summed E-state index contributed by atoms with van der Waals surface area (Å²) in [6.45, 7) is 0. The summed E-state index contributed by atoms with van der Waals surface area (Å²) in [4.78, 5) is 15.4. The van der Waals surface area contributed by atoms with Gasteiger partial charge in [0.15, 0.2) is 0 Å². The van der Waals surface area contributed by atoms with E-state index in [0.29, 0.717) is 0 Å². The lowest BCUT2D eigenvalue weighted by Crippen LogP contribution is -2.10. The molecule has 0 bridgehead atoms. The fraction of sp³-hybridized carbons (Fsp3) is 0. The van der Waals surface area contributed by atoms with Crippen molar-refractivity contribution in [3.8, 4) is 33.9 Å². The first kappa shape index (κ1) is 42.8. The maximum atomic E-state index is 5.34. The molecule has 0 aliphatic heterocycles. The predicted octanol–water partition coefficient (Wildman–Crippen LogP) is 18.1. The topological polar surface area (TPSA) is 42.1 Å². The van der Waals surface area contributed by atoms with Crippen LogP contribution in [0.15, 0.2) is 279 Å². The third-order valence-corrected chi connectivity index (χ3v) is 14.3. The Morgan fingerprint density at radius 3 is 0.959 bits per heavy atom. The number of rotatable bonds is 10. The molecule has 0 saturated heterocycles. The van der Waals surface area contributed by atoms with Gasteiger partial charge in [0.05, 0.1) is 44.5 Å². The molecule has 14 rings (SSSR count). The van der Waals surface area contributed by atoms with Crippen molar-refractivity contribution >= 4 is 88.8 Å². The van der Waals surface area contributed by atoms with Crippen LogP contribution in [0.25, 0.3) is 88.5 Å². The SMILES string of the molecule is c1ccc(N(c2ccc(-c3nc4ccccc4nc3-c3ccc(N(c4ccccc4)c4ccc5c(c4)c4ccccc4n5-c4ccccc4)cc3)cc2)c2ccc3c(c2)c2ccccc2n3-c2ccccc2)cc1. The van der Waals surface area contributed by atoms with Crippen LogP contribution in [-0.2, 0) is 0 Å². The molecule has 6 heteroatoms. The Labute approximate surface area is 428 Å². The summed E-state index contributed by atoms with van der Waals surface area (Å²) >= 11 is 0. The second-order valence-electron chi connectivity index (χ2n) is 18.6. The van der Waals surface area contributed by atoms with Crippen molar-refractivity contribution in [2.75, 3.05) is 9.80 Å². The lowest BCUT2D eigenvalue weighted by atomic mass is 10.0. The Kier molecular flexibility index (Phi) is 10.4. The van der Waals surface area contributed by atoms with E-state index in [9.17, 15) is 0 Å². The largest absolute Gasteiger partial charge is 0.310 e. The molecule has 0 aliphatic carbocycles. The van der Waals surface area contributed by atoms with Gasteiger partial charge in [-0.1, -0.05) is 146 Å². The number of anilines is 6. The van der Waals surface area contributed by atoms with E-state index < -0.39 is 0 Å². The molecule has 0 fully saturated rings. The average Bonchev–Trinajstić information content (AvgIpc) is 4.00. The fourth-order valence-corrected chi connectivity index (χ4v) is 10.9. The summed E-state index contributed by atoms with van der Waals surface area (Å²) in [5, 5.41) is 4.82. The van der Waals surface area contributed by atoms with Crippen molar-refractivity contribution in [1.82, 2.24) is 19.1 Å². The minimum Gasteiger partial charge on any atom is -0.310 e. The van der Waals surface area contributed by atoms with E-state index in [2.05, 4.69) is 274 Å². The van der Waals surface area contributed by atoms with Gasteiger partial charge in [-0.15, -0.1) is 0 Å². The lowest BCUT2D eigenvalue weighted by molar-refractivity contribution is 1.18. The smallest absolute Gasteiger partial charge is 0.0973 e. The van der Waals surface area contributed by atoms with Gasteiger partial charge in [0, 0.05) is 78.2 Å². The van der Waals surface area contributed by atoms with Crippen molar-refractivity contribution in [1.29, 1.82) is 0 Å². The van der Waals surface area contributed by atoms with Crippen LogP contribution >= 0.6 is 0 Å². The molecule has 0 radical (unpaired) electrons. The second-order valence-corrected chi connectivity index (χ2v) is 18.6. The summed E-state index contributed by atoms with van der Waals surface area (Å²) in [6.07, 6.45) is 0. The Bertz CT molecular complexity index is 4060. The third-order valence-electron chi connectivity index (χ3n) is 14.3. The summed E-state index contributed by atoms with van der Waals surface area (Å²) in [6, 6.07) is 99.1. The Morgan fingerprint density at radius 2 is 0.554 bits per heavy atom. The van der Waals surface area contributed by atoms with Crippen LogP contribution in [-0.4, -0.2) is 19.1 Å². The number of hydrogen-bond donors (Lipinski definition) is 0. The molecule has 3 heterocycles. The number of hydrogen-bond acceptors (Lipinski definition) is 4. The van der Waals surface area contributed by atoms with Crippen LogP contribution < -0.4 is 9.80 Å². The third kappa shape index (κ3) is 7.35. The van der Waals surface area contributed by atoms with Crippen LogP contribution in [0.1, 0.15) is 0 Å². The Morgan fingerprint density at radius 1 is 0.243 bits per heavy atom. The van der Waals surface area contributed by atoms with E-state index in [1.165, 1.54) is 32.6 Å². The summed E-state index contributed by atoms with van der Waals surface area (Å²) < 4.78 is 4.72. The quantitative estimate of drug-likeness (QED) is 0.137. The molecular formula is C68H46N6. The van der Waals surface area contributed by atoms with Gasteiger partial charge in [0.25, 0.3) is 0 Å². The summed E-state index contributed by atoms with van der Waals surface area (Å²) in [5.74, 6) is 0. The maximum Gasteiger partial charge on any atom is 0.0973 e. The zero-order chi connectivity index (χ0) is 49.0. The van der Waals surface area contributed by atoms with Gasteiger partial charge >= 0.3 is 0 Å². The minimum absolute atomic E-state index is 0.824. The first-order chi connectivity index (χ1) is 36.7. The second kappa shape index (κ2) is 18.0. The zero-order valence-corrected chi connectivity index (χ0v) is 40.2. The van der Waals surface area contributed by atoms with Crippen LogP contribution in [0.4, 0.5) is 34.1 Å². The molecular weight excluding hydrogens is 901 g/mol. The molecule has 3 aromatic heterocycles. The molecule has 0 N–H and O–H groups in total. The van der Waals surface area contributed by atoms with Crippen molar-refractivity contribution in [3.05, 3.63) is 279 Å². The highest BCUT2D eigenvalue weighted by Gasteiger charge is 2.21. The average molecular weight is 947 g/mol. The van der Waals surface area contributed by atoms with Crippen LogP contribution in [0.3, 0.4) is 0 Å². The highest BCUT2D eigenvalue weighted by atomic mass is 15.1. The fourth-order valence-electron chi connectivity index (χ4n) is 10.9. The number of para-hydroxylation sites is 8. The van der Waals surface area contributed by atoms with E-state index >= 15 is 0 Å². The number of aromatic nitrogens is 4. The van der Waals surface area contributed by atoms with Crippen molar-refractivity contribution in [2.45, 2.75) is 0 Å². The van der Waals surface area contributed by atoms with Crippen molar-refractivity contribution in [2.24, 2.45) is 0 Å². The van der Waals surface area contributed by atoms with E-state index in [1.807, 2.05) is 24.3 Å². The predicted molar refractivity (Wildman–Crippen MR) is 308 cm³/mol. The highest BCUT2D eigenvalue weighted by Crippen LogP contribution is 2.43. The first-order valence-electron chi connectivity index (χ1n) is 25.1. The van der Waals surface area contributed by atoms with Crippen molar-refractivity contribution in [3.63, 3.8) is 0 Å². The molecule has 348 valence electrons. The summed E-state index contributed by atoms with van der Waals surface area (Å²) in [7, 11) is 0. The molecule has 11 aromatic carbocycles. The first-order valence-corrected chi connectivity index (χ1v) is 25.1. The van der Waals surface area contributed by atoms with Gasteiger partial charge < -0.3 is 18.9 Å².